The van der Waals surface area contributed by atoms with Crippen molar-refractivity contribution in [1.29, 1.82) is 0 Å². The third kappa shape index (κ3) is 6.73. The van der Waals surface area contributed by atoms with E-state index in [1.807, 2.05) is 0 Å². The molecule has 0 aromatic heterocycles. The second-order valence-electron chi connectivity index (χ2n) is 8.16. The fourth-order valence-corrected chi connectivity index (χ4v) is 4.45. The van der Waals surface area contributed by atoms with Crippen LogP contribution in [0.2, 0.25) is 0 Å². The van der Waals surface area contributed by atoms with Crippen LogP contribution in [0.15, 0.2) is 4.99 Å². The van der Waals surface area contributed by atoms with Gasteiger partial charge in [0, 0.05) is 52.4 Å². The van der Waals surface area contributed by atoms with Gasteiger partial charge >= 0.3 is 0 Å². The molecule has 1 N–H and O–H groups in total. The molecule has 5 heteroatoms. The van der Waals surface area contributed by atoms with Crippen LogP contribution in [0.1, 0.15) is 52.9 Å². The van der Waals surface area contributed by atoms with Crippen molar-refractivity contribution in [2.45, 2.75) is 52.9 Å². The molecule has 1 unspecified atom stereocenters. The van der Waals surface area contributed by atoms with Crippen molar-refractivity contribution >= 4 is 5.96 Å². The fraction of sp³-hybridized carbons (Fsp3) is 0.952. The van der Waals surface area contributed by atoms with Gasteiger partial charge in [-0.3, -0.25) is 4.99 Å². The van der Waals surface area contributed by atoms with E-state index < -0.39 is 0 Å². The number of hydrogen-bond donors (Lipinski definition) is 1. The highest BCUT2D eigenvalue weighted by Crippen LogP contribution is 2.28. The van der Waals surface area contributed by atoms with Gasteiger partial charge in [0.25, 0.3) is 0 Å². The van der Waals surface area contributed by atoms with Crippen molar-refractivity contribution < 1.29 is 0 Å². The summed E-state index contributed by atoms with van der Waals surface area (Å²) in [6.45, 7) is 17.3. The summed E-state index contributed by atoms with van der Waals surface area (Å²) in [6.07, 6.45) is 6.43. The standard InChI is InChI=1S/C21H43N5/c1-5-19(6-2)20-10-13-26(18-20)21(22-7-3)23-11-8-9-12-25-16-14-24(4)15-17-25/h19-20H,5-18H2,1-4H3,(H,22,23). The topological polar surface area (TPSA) is 34.1 Å². The molecule has 2 fully saturated rings. The highest BCUT2D eigenvalue weighted by Gasteiger charge is 2.29. The zero-order valence-electron chi connectivity index (χ0n) is 17.8. The maximum Gasteiger partial charge on any atom is 0.193 e. The summed E-state index contributed by atoms with van der Waals surface area (Å²) in [5.74, 6) is 2.89. The Bertz CT molecular complexity index is 399. The van der Waals surface area contributed by atoms with E-state index in [1.165, 1.54) is 77.9 Å². The first kappa shape index (κ1) is 21.5. The normalized spacial score (nSPS) is 23.2. The molecule has 0 bridgehead atoms. The lowest BCUT2D eigenvalue weighted by Crippen LogP contribution is -2.44. The van der Waals surface area contributed by atoms with Crippen molar-refractivity contribution in [3.8, 4) is 0 Å². The second kappa shape index (κ2) is 11.8. The summed E-state index contributed by atoms with van der Waals surface area (Å²) in [5, 5.41) is 3.53. The minimum atomic E-state index is 0.853. The first-order valence-corrected chi connectivity index (χ1v) is 11.1. The third-order valence-corrected chi connectivity index (χ3v) is 6.31. The lowest BCUT2D eigenvalue weighted by molar-refractivity contribution is 0.152. The number of piperazine rings is 1. The molecule has 2 heterocycles. The third-order valence-electron chi connectivity index (χ3n) is 6.31. The molecule has 0 aromatic rings. The molecule has 5 nitrogen and oxygen atoms in total. The fourth-order valence-electron chi connectivity index (χ4n) is 4.45. The lowest BCUT2D eigenvalue weighted by Gasteiger charge is -2.32. The summed E-state index contributed by atoms with van der Waals surface area (Å²) in [6, 6.07) is 0. The number of rotatable bonds is 9. The Morgan fingerprint density at radius 1 is 1.04 bits per heavy atom. The summed E-state index contributed by atoms with van der Waals surface area (Å²) in [4.78, 5) is 12.5. The Labute approximate surface area is 162 Å². The molecule has 0 spiro atoms. The number of aliphatic imine (C=N–C) groups is 1. The number of guanidine groups is 1. The highest BCUT2D eigenvalue weighted by atomic mass is 15.3. The number of likely N-dealkylation sites (tertiary alicyclic amines) is 1. The molecular formula is C21H43N5. The Balaban J connectivity index is 1.71. The van der Waals surface area contributed by atoms with E-state index in [0.29, 0.717) is 0 Å². The van der Waals surface area contributed by atoms with Gasteiger partial charge in [0.2, 0.25) is 0 Å². The first-order chi connectivity index (χ1) is 12.7. The maximum atomic E-state index is 4.94. The number of hydrogen-bond acceptors (Lipinski definition) is 3. The van der Waals surface area contributed by atoms with Gasteiger partial charge in [-0.2, -0.15) is 0 Å². The summed E-state index contributed by atoms with van der Waals surface area (Å²) in [5.41, 5.74) is 0. The molecule has 152 valence electrons. The van der Waals surface area contributed by atoms with E-state index >= 15 is 0 Å². The van der Waals surface area contributed by atoms with Gasteiger partial charge in [-0.25, -0.2) is 0 Å². The van der Waals surface area contributed by atoms with Crippen LogP contribution in [0.5, 0.6) is 0 Å². The van der Waals surface area contributed by atoms with Crippen LogP contribution in [-0.2, 0) is 0 Å². The Kier molecular flexibility index (Phi) is 9.76. The molecular weight excluding hydrogens is 322 g/mol. The van der Waals surface area contributed by atoms with Gasteiger partial charge in [-0.05, 0) is 51.6 Å². The van der Waals surface area contributed by atoms with Crippen molar-refractivity contribution in [2.24, 2.45) is 16.8 Å². The van der Waals surface area contributed by atoms with Gasteiger partial charge in [0.05, 0.1) is 0 Å². The van der Waals surface area contributed by atoms with Crippen molar-refractivity contribution in [3.63, 3.8) is 0 Å². The molecule has 0 saturated carbocycles. The summed E-state index contributed by atoms with van der Waals surface area (Å²) in [7, 11) is 2.22. The number of likely N-dealkylation sites (N-methyl/N-ethyl adjacent to an activating group) is 1. The van der Waals surface area contributed by atoms with E-state index in [-0.39, 0.29) is 0 Å². The second-order valence-corrected chi connectivity index (χ2v) is 8.16. The van der Waals surface area contributed by atoms with E-state index in [4.69, 9.17) is 4.99 Å². The van der Waals surface area contributed by atoms with E-state index in [9.17, 15) is 0 Å². The predicted molar refractivity (Wildman–Crippen MR) is 113 cm³/mol. The van der Waals surface area contributed by atoms with Crippen molar-refractivity contribution in [2.75, 3.05) is 66.0 Å². The summed E-state index contributed by atoms with van der Waals surface area (Å²) < 4.78 is 0. The van der Waals surface area contributed by atoms with Gasteiger partial charge in [0.15, 0.2) is 5.96 Å². The molecule has 0 amide bonds. The van der Waals surface area contributed by atoms with Crippen LogP contribution in [0.3, 0.4) is 0 Å². The Morgan fingerprint density at radius 3 is 2.42 bits per heavy atom. The van der Waals surface area contributed by atoms with Crippen LogP contribution >= 0.6 is 0 Å². The molecule has 26 heavy (non-hydrogen) atoms. The number of nitrogens with one attached hydrogen (secondary N) is 1. The minimum Gasteiger partial charge on any atom is -0.357 e. The zero-order valence-corrected chi connectivity index (χ0v) is 17.8. The predicted octanol–water partition coefficient (Wildman–Crippen LogP) is 2.74. The van der Waals surface area contributed by atoms with Crippen LogP contribution in [0.25, 0.3) is 0 Å². The molecule has 2 saturated heterocycles. The van der Waals surface area contributed by atoms with E-state index in [1.54, 1.807) is 0 Å². The van der Waals surface area contributed by atoms with Gasteiger partial charge in [-0.1, -0.05) is 26.7 Å². The molecule has 2 aliphatic rings. The molecule has 2 rings (SSSR count). The SMILES string of the molecule is CCNC(=NCCCCN1CCN(C)CC1)N1CCC(C(CC)CC)C1. The van der Waals surface area contributed by atoms with E-state index in [2.05, 4.69) is 47.8 Å². The number of nitrogens with zero attached hydrogens (tertiary/aromatic N) is 4. The van der Waals surface area contributed by atoms with Gasteiger partial charge in [-0.15, -0.1) is 0 Å². The Morgan fingerprint density at radius 2 is 1.77 bits per heavy atom. The number of unbranched alkanes of at least 4 members (excludes halogenated alkanes) is 1. The molecule has 0 aromatic carbocycles. The van der Waals surface area contributed by atoms with E-state index in [0.717, 1.165) is 30.9 Å². The van der Waals surface area contributed by atoms with Crippen LogP contribution in [0.4, 0.5) is 0 Å². The largest absolute Gasteiger partial charge is 0.357 e. The van der Waals surface area contributed by atoms with Crippen LogP contribution < -0.4 is 5.32 Å². The van der Waals surface area contributed by atoms with Crippen molar-refractivity contribution in [3.05, 3.63) is 0 Å². The van der Waals surface area contributed by atoms with Gasteiger partial charge < -0.3 is 20.0 Å². The average molecular weight is 366 g/mol. The molecule has 0 aliphatic carbocycles. The van der Waals surface area contributed by atoms with Crippen LogP contribution in [-0.4, -0.2) is 86.6 Å². The smallest absolute Gasteiger partial charge is 0.193 e. The van der Waals surface area contributed by atoms with Crippen molar-refractivity contribution in [1.82, 2.24) is 20.0 Å². The zero-order chi connectivity index (χ0) is 18.8. The molecule has 1 atom stereocenters. The lowest BCUT2D eigenvalue weighted by atomic mass is 9.87. The Hall–Kier alpha value is -0.810. The minimum absolute atomic E-state index is 0.853. The van der Waals surface area contributed by atoms with Crippen LogP contribution in [0, 0.1) is 11.8 Å². The average Bonchev–Trinajstić information content (AvgIpc) is 3.13. The monoisotopic (exact) mass is 365 g/mol. The van der Waals surface area contributed by atoms with Gasteiger partial charge in [0.1, 0.15) is 0 Å². The molecule has 0 radical (unpaired) electrons. The molecule has 2 aliphatic heterocycles. The maximum absolute atomic E-state index is 4.94. The quantitative estimate of drug-likeness (QED) is 0.387. The first-order valence-electron chi connectivity index (χ1n) is 11.1. The highest BCUT2D eigenvalue weighted by molar-refractivity contribution is 5.80. The summed E-state index contributed by atoms with van der Waals surface area (Å²) >= 11 is 0.